The predicted octanol–water partition coefficient (Wildman–Crippen LogP) is 4.75. The maximum Gasteiger partial charge on any atom is 0.328 e. The smallest absolute Gasteiger partial charge is 0.328 e. The van der Waals surface area contributed by atoms with Gasteiger partial charge in [-0.1, -0.05) is 32.4 Å². The van der Waals surface area contributed by atoms with E-state index in [-0.39, 0.29) is 30.3 Å². The van der Waals surface area contributed by atoms with Gasteiger partial charge in [-0.15, -0.1) is 0 Å². The number of cyclic esters (lactones) is 1. The van der Waals surface area contributed by atoms with Crippen molar-refractivity contribution in [1.29, 1.82) is 0 Å². The molecule has 0 radical (unpaired) electrons. The number of ketones is 2. The monoisotopic (exact) mass is 563 g/mol. The molecule has 0 N–H and O–H groups in total. The molecule has 0 aromatic rings. The molecule has 3 aliphatic heterocycles. The molecule has 2 fully saturated rings. The Hall–Kier alpha value is -2.10. The number of carbonyl (C=O) groups is 4. The number of rotatable bonds is 2. The molecule has 3 rings (SSSR count). The first-order valence-corrected chi connectivity index (χ1v) is 15.0. The molecule has 0 spiro atoms. The summed E-state index contributed by atoms with van der Waals surface area (Å²) in [5, 5.41) is 0. The molecule has 40 heavy (non-hydrogen) atoms. The second-order valence-electron chi connectivity index (χ2n) is 12.2. The van der Waals surface area contributed by atoms with E-state index in [1.165, 1.54) is 24.7 Å². The lowest BCUT2D eigenvalue weighted by Gasteiger charge is -2.45. The Morgan fingerprint density at radius 3 is 2.35 bits per heavy atom. The largest absolute Gasteiger partial charge is 0.464 e. The van der Waals surface area contributed by atoms with Crippen LogP contribution >= 0.6 is 0 Å². The van der Waals surface area contributed by atoms with Crippen LogP contribution in [-0.2, 0) is 38.1 Å². The topological polar surface area (TPSA) is 108 Å². The van der Waals surface area contributed by atoms with Crippen molar-refractivity contribution in [2.75, 3.05) is 20.8 Å². The lowest BCUT2D eigenvalue weighted by atomic mass is 9.84. The molecule has 9 heteroatoms. The summed E-state index contributed by atoms with van der Waals surface area (Å²) in [5.74, 6) is -3.77. The van der Waals surface area contributed by atoms with Crippen molar-refractivity contribution in [2.24, 2.45) is 17.8 Å². The number of methoxy groups -OCH3 is 2. The first kappa shape index (κ1) is 32.4. The van der Waals surface area contributed by atoms with Crippen LogP contribution in [0.4, 0.5) is 0 Å². The van der Waals surface area contributed by atoms with Crippen LogP contribution < -0.4 is 0 Å². The molecule has 3 heterocycles. The lowest BCUT2D eigenvalue weighted by molar-refractivity contribution is -0.276. The van der Waals surface area contributed by atoms with Gasteiger partial charge in [0.1, 0.15) is 18.1 Å². The van der Waals surface area contributed by atoms with Gasteiger partial charge in [0.15, 0.2) is 0 Å². The van der Waals surface area contributed by atoms with Gasteiger partial charge in [0.2, 0.25) is 5.79 Å². The van der Waals surface area contributed by atoms with E-state index < -0.39 is 35.7 Å². The zero-order valence-electron chi connectivity index (χ0n) is 25.2. The number of hydrogen-bond acceptors (Lipinski definition) is 8. The number of nitrogens with zero attached hydrogens (tertiary/aromatic N) is 1. The van der Waals surface area contributed by atoms with Crippen molar-refractivity contribution in [1.82, 2.24) is 4.90 Å². The maximum absolute atomic E-state index is 14.0. The van der Waals surface area contributed by atoms with Gasteiger partial charge in [-0.25, -0.2) is 4.79 Å². The van der Waals surface area contributed by atoms with Crippen LogP contribution in [0.3, 0.4) is 0 Å². The summed E-state index contributed by atoms with van der Waals surface area (Å²) in [5.41, 5.74) is 1.18. The van der Waals surface area contributed by atoms with Gasteiger partial charge in [0, 0.05) is 33.0 Å². The maximum atomic E-state index is 14.0. The molecule has 0 saturated carbocycles. The summed E-state index contributed by atoms with van der Waals surface area (Å²) in [6, 6.07) is -0.948. The molecule has 2 bridgehead atoms. The molecule has 7 unspecified atom stereocenters. The number of hydrogen-bond donors (Lipinski definition) is 0. The SMILES string of the molecule is COC1CCCC2C(=O)OCC(C)CCC(=O)C/C=C(/C)CC(C)CCC3CCC(C)C(OC)(O3)C(=O)C(=O)N12. The third-order valence-electron chi connectivity index (χ3n) is 8.84. The average Bonchev–Trinajstić information content (AvgIpc) is 2.95. The number of carbonyl (C=O) groups excluding carboxylic acids is 4. The van der Waals surface area contributed by atoms with Gasteiger partial charge < -0.3 is 18.9 Å². The summed E-state index contributed by atoms with van der Waals surface area (Å²) >= 11 is 0. The minimum absolute atomic E-state index is 0.0233. The summed E-state index contributed by atoms with van der Waals surface area (Å²) < 4.78 is 23.3. The van der Waals surface area contributed by atoms with Crippen molar-refractivity contribution in [3.8, 4) is 0 Å². The summed E-state index contributed by atoms with van der Waals surface area (Å²) in [6.07, 6.45) is 7.92. The van der Waals surface area contributed by atoms with E-state index in [0.717, 1.165) is 25.7 Å². The Morgan fingerprint density at radius 2 is 1.65 bits per heavy atom. The van der Waals surface area contributed by atoms with Crippen molar-refractivity contribution >= 4 is 23.4 Å². The minimum Gasteiger partial charge on any atom is -0.464 e. The second-order valence-corrected chi connectivity index (χ2v) is 12.2. The van der Waals surface area contributed by atoms with E-state index in [1.54, 1.807) is 0 Å². The van der Waals surface area contributed by atoms with Gasteiger partial charge in [0.25, 0.3) is 11.7 Å². The highest BCUT2D eigenvalue weighted by molar-refractivity contribution is 6.39. The molecule has 0 aromatic carbocycles. The zero-order chi connectivity index (χ0) is 29.4. The zero-order valence-corrected chi connectivity index (χ0v) is 25.2. The van der Waals surface area contributed by atoms with E-state index in [2.05, 4.69) is 13.8 Å². The normalized spacial score (nSPS) is 37.5. The van der Waals surface area contributed by atoms with Gasteiger partial charge in [0.05, 0.1) is 12.7 Å². The van der Waals surface area contributed by atoms with Crippen molar-refractivity contribution < 1.29 is 38.1 Å². The van der Waals surface area contributed by atoms with Gasteiger partial charge in [-0.3, -0.25) is 19.3 Å². The van der Waals surface area contributed by atoms with Crippen molar-refractivity contribution in [3.63, 3.8) is 0 Å². The number of esters is 1. The van der Waals surface area contributed by atoms with E-state index >= 15 is 0 Å². The van der Waals surface area contributed by atoms with E-state index in [4.69, 9.17) is 18.9 Å². The highest BCUT2D eigenvalue weighted by atomic mass is 16.7. The quantitative estimate of drug-likeness (QED) is 0.269. The first-order valence-electron chi connectivity index (χ1n) is 15.0. The molecule has 0 aliphatic carbocycles. The Kier molecular flexibility index (Phi) is 11.9. The Labute approximate surface area is 239 Å². The summed E-state index contributed by atoms with van der Waals surface area (Å²) in [7, 11) is 2.87. The Morgan fingerprint density at radius 1 is 0.925 bits per heavy atom. The first-order chi connectivity index (χ1) is 19.0. The molecule has 0 aromatic heterocycles. The molecule has 7 atom stereocenters. The van der Waals surface area contributed by atoms with Crippen LogP contribution in [0, 0.1) is 17.8 Å². The van der Waals surface area contributed by atoms with E-state index in [0.29, 0.717) is 50.9 Å². The number of Topliss-reactive ketones (excluding diaryl/α,β-unsaturated/α-hetero) is 2. The highest BCUT2D eigenvalue weighted by Gasteiger charge is 2.55. The van der Waals surface area contributed by atoms with Crippen LogP contribution in [0.25, 0.3) is 0 Å². The fraction of sp³-hybridized carbons (Fsp3) is 0.806. The fourth-order valence-electron chi connectivity index (χ4n) is 6.24. The van der Waals surface area contributed by atoms with Crippen LogP contribution in [0.1, 0.15) is 98.3 Å². The molecular formula is C31H49NO8. The Balaban J connectivity index is 1.91. The van der Waals surface area contributed by atoms with Crippen LogP contribution in [0.5, 0.6) is 0 Å². The molecular weight excluding hydrogens is 514 g/mol. The lowest BCUT2D eigenvalue weighted by Crippen LogP contribution is -2.63. The van der Waals surface area contributed by atoms with Crippen LogP contribution in [-0.4, -0.2) is 73.3 Å². The van der Waals surface area contributed by atoms with Crippen LogP contribution in [0.15, 0.2) is 11.6 Å². The molecule has 2 saturated heterocycles. The number of allylic oxidation sites excluding steroid dienone is 2. The third kappa shape index (κ3) is 7.79. The number of amides is 1. The van der Waals surface area contributed by atoms with Gasteiger partial charge in [-0.2, -0.15) is 0 Å². The molecule has 9 nitrogen and oxygen atoms in total. The summed E-state index contributed by atoms with van der Waals surface area (Å²) in [6.45, 7) is 8.17. The van der Waals surface area contributed by atoms with Crippen LogP contribution in [0.2, 0.25) is 0 Å². The predicted molar refractivity (Wildman–Crippen MR) is 149 cm³/mol. The number of piperidine rings is 1. The third-order valence-corrected chi connectivity index (χ3v) is 8.84. The van der Waals surface area contributed by atoms with Gasteiger partial charge in [-0.05, 0) is 76.5 Å². The summed E-state index contributed by atoms with van der Waals surface area (Å²) in [4.78, 5) is 54.8. The highest BCUT2D eigenvalue weighted by Crippen LogP contribution is 2.39. The standard InChI is InChI=1S/C31H49NO8/c1-20-10-14-24(33)15-11-22(3)19-39-30(36)26-8-7-9-27(37-5)32(26)29(35)28(34)31(38-6)23(4)13-17-25(40-31)16-12-21(2)18-20/h10,21-23,25-27H,7-9,11-19H2,1-6H3/b20-10-. The van der Waals surface area contributed by atoms with Gasteiger partial charge >= 0.3 is 5.97 Å². The number of ether oxygens (including phenoxy) is 4. The molecule has 3 aliphatic rings. The second kappa shape index (κ2) is 14.7. The number of fused-ring (bicyclic) bond motifs is 3. The van der Waals surface area contributed by atoms with E-state index in [9.17, 15) is 19.2 Å². The van der Waals surface area contributed by atoms with E-state index in [1.807, 2.05) is 19.9 Å². The van der Waals surface area contributed by atoms with Crippen molar-refractivity contribution in [2.45, 2.75) is 122 Å². The fourth-order valence-corrected chi connectivity index (χ4v) is 6.24. The average molecular weight is 564 g/mol. The van der Waals surface area contributed by atoms with Crippen molar-refractivity contribution in [3.05, 3.63) is 11.6 Å². The Bertz CT molecular complexity index is 948. The molecule has 226 valence electrons. The minimum atomic E-state index is -1.73. The molecule has 1 amide bonds.